The SMILES string of the molecule is CC1CCc2c(-c3nnc(SCC(=O)Nc4cc(Cl)c(Cl)cc4Cl)n3C(C)C)csc2C1. The first-order valence-corrected chi connectivity index (χ1v) is 13.4. The zero-order valence-corrected chi connectivity index (χ0v) is 21.8. The monoisotopic (exact) mass is 528 g/mol. The maximum Gasteiger partial charge on any atom is 0.234 e. The van der Waals surface area contributed by atoms with Gasteiger partial charge < -0.3 is 5.32 Å². The molecule has 2 aromatic heterocycles. The van der Waals surface area contributed by atoms with Crippen LogP contribution in [0.4, 0.5) is 5.69 Å². The number of benzene rings is 1. The van der Waals surface area contributed by atoms with Crippen molar-refractivity contribution in [3.63, 3.8) is 0 Å². The highest BCUT2D eigenvalue weighted by Gasteiger charge is 2.25. The number of rotatable bonds is 6. The van der Waals surface area contributed by atoms with Gasteiger partial charge in [-0.25, -0.2) is 0 Å². The van der Waals surface area contributed by atoms with Crippen LogP contribution in [0.1, 0.15) is 43.7 Å². The standard InChI is InChI=1S/C22H23Cl3N4OS2/c1-11(2)29-21(14-9-31-19-6-12(3)4-5-13(14)19)27-28-22(29)32-10-20(30)26-18-8-16(24)15(23)7-17(18)25/h7-9,11-12H,4-6,10H2,1-3H3,(H,26,30). The molecule has 1 unspecified atom stereocenters. The molecule has 0 spiro atoms. The third kappa shape index (κ3) is 4.97. The Labute approximate surface area is 210 Å². The molecule has 1 atom stereocenters. The van der Waals surface area contributed by atoms with E-state index in [4.69, 9.17) is 34.8 Å². The molecule has 1 aliphatic carbocycles. The van der Waals surface area contributed by atoms with Crippen LogP contribution in [0.3, 0.4) is 0 Å². The summed E-state index contributed by atoms with van der Waals surface area (Å²) in [5.41, 5.74) is 3.01. The second-order valence-corrected chi connectivity index (χ2v) is 11.4. The van der Waals surface area contributed by atoms with Crippen molar-refractivity contribution < 1.29 is 4.79 Å². The average molecular weight is 530 g/mol. The van der Waals surface area contributed by atoms with Gasteiger partial charge in [-0.05, 0) is 56.7 Å². The molecule has 0 fully saturated rings. The Hall–Kier alpha value is -1.25. The maximum atomic E-state index is 12.6. The first-order valence-electron chi connectivity index (χ1n) is 10.4. The summed E-state index contributed by atoms with van der Waals surface area (Å²) in [6.45, 7) is 6.52. The van der Waals surface area contributed by atoms with Crippen molar-refractivity contribution >= 4 is 69.5 Å². The van der Waals surface area contributed by atoms with E-state index in [0.717, 1.165) is 29.7 Å². The molecule has 1 amide bonds. The van der Waals surface area contributed by atoms with Gasteiger partial charge in [0, 0.05) is 21.9 Å². The summed E-state index contributed by atoms with van der Waals surface area (Å²) in [6, 6.07) is 3.22. The third-order valence-corrected chi connectivity index (χ3v) is 8.47. The van der Waals surface area contributed by atoms with Crippen LogP contribution in [0, 0.1) is 5.92 Å². The minimum absolute atomic E-state index is 0.160. The maximum absolute atomic E-state index is 12.6. The topological polar surface area (TPSA) is 59.8 Å². The van der Waals surface area contributed by atoms with Gasteiger partial charge in [-0.1, -0.05) is 53.5 Å². The van der Waals surface area contributed by atoms with Crippen LogP contribution in [0.2, 0.25) is 15.1 Å². The van der Waals surface area contributed by atoms with E-state index < -0.39 is 0 Å². The molecule has 4 rings (SSSR count). The first-order chi connectivity index (χ1) is 15.2. The Bertz CT molecular complexity index is 1160. The van der Waals surface area contributed by atoms with Crippen molar-refractivity contribution in [2.24, 2.45) is 5.92 Å². The van der Waals surface area contributed by atoms with Gasteiger partial charge in [0.25, 0.3) is 0 Å². The molecule has 170 valence electrons. The Morgan fingerprint density at radius 1 is 1.25 bits per heavy atom. The van der Waals surface area contributed by atoms with E-state index in [1.165, 1.54) is 40.3 Å². The highest BCUT2D eigenvalue weighted by atomic mass is 35.5. The van der Waals surface area contributed by atoms with Gasteiger partial charge in [0.1, 0.15) is 0 Å². The van der Waals surface area contributed by atoms with E-state index in [1.54, 1.807) is 6.07 Å². The summed E-state index contributed by atoms with van der Waals surface area (Å²) in [4.78, 5) is 14.0. The number of carbonyl (C=O) groups is 1. The number of anilines is 1. The fourth-order valence-corrected chi connectivity index (χ4v) is 6.53. The van der Waals surface area contributed by atoms with Crippen LogP contribution in [-0.2, 0) is 17.6 Å². The molecule has 0 radical (unpaired) electrons. The number of amides is 1. The largest absolute Gasteiger partial charge is 0.324 e. The minimum Gasteiger partial charge on any atom is -0.324 e. The number of aromatic nitrogens is 3. The summed E-state index contributed by atoms with van der Waals surface area (Å²) in [6.07, 6.45) is 3.41. The number of nitrogens with one attached hydrogen (secondary N) is 1. The van der Waals surface area contributed by atoms with E-state index in [-0.39, 0.29) is 17.7 Å². The van der Waals surface area contributed by atoms with E-state index in [0.29, 0.717) is 20.8 Å². The molecular formula is C22H23Cl3N4OS2. The molecule has 2 heterocycles. The lowest BCUT2D eigenvalue weighted by Crippen LogP contribution is -2.15. The lowest BCUT2D eigenvalue weighted by molar-refractivity contribution is -0.113. The Morgan fingerprint density at radius 2 is 2.00 bits per heavy atom. The first kappa shape index (κ1) is 23.9. The van der Waals surface area contributed by atoms with Crippen molar-refractivity contribution in [2.45, 2.75) is 51.2 Å². The molecule has 1 aliphatic rings. The highest BCUT2D eigenvalue weighted by Crippen LogP contribution is 2.39. The van der Waals surface area contributed by atoms with Gasteiger partial charge >= 0.3 is 0 Å². The lowest BCUT2D eigenvalue weighted by Gasteiger charge is -2.19. The zero-order valence-electron chi connectivity index (χ0n) is 17.9. The molecule has 0 bridgehead atoms. The molecular weight excluding hydrogens is 507 g/mol. The van der Waals surface area contributed by atoms with Crippen LogP contribution in [0.25, 0.3) is 11.4 Å². The number of hydrogen-bond acceptors (Lipinski definition) is 5. The molecule has 0 saturated carbocycles. The average Bonchev–Trinajstić information content (AvgIpc) is 3.33. The summed E-state index contributed by atoms with van der Waals surface area (Å²) in [5.74, 6) is 1.56. The number of thiophene rings is 1. The predicted molar refractivity (Wildman–Crippen MR) is 136 cm³/mol. The Morgan fingerprint density at radius 3 is 2.75 bits per heavy atom. The van der Waals surface area contributed by atoms with Crippen molar-refractivity contribution in [2.75, 3.05) is 11.1 Å². The lowest BCUT2D eigenvalue weighted by atomic mass is 9.88. The van der Waals surface area contributed by atoms with Gasteiger partial charge in [-0.2, -0.15) is 0 Å². The van der Waals surface area contributed by atoms with Crippen molar-refractivity contribution in [3.8, 4) is 11.4 Å². The van der Waals surface area contributed by atoms with Gasteiger partial charge in [-0.3, -0.25) is 9.36 Å². The van der Waals surface area contributed by atoms with E-state index in [2.05, 4.69) is 46.2 Å². The van der Waals surface area contributed by atoms with Crippen molar-refractivity contribution in [3.05, 3.63) is 43.0 Å². The molecule has 1 aromatic carbocycles. The summed E-state index contributed by atoms with van der Waals surface area (Å²) in [7, 11) is 0. The van der Waals surface area contributed by atoms with Gasteiger partial charge in [0.15, 0.2) is 11.0 Å². The van der Waals surface area contributed by atoms with Gasteiger partial charge in [0.2, 0.25) is 5.91 Å². The van der Waals surface area contributed by atoms with Crippen LogP contribution in [-0.4, -0.2) is 26.4 Å². The summed E-state index contributed by atoms with van der Waals surface area (Å²) >= 11 is 21.3. The summed E-state index contributed by atoms with van der Waals surface area (Å²) < 4.78 is 2.12. The number of halogens is 3. The van der Waals surface area contributed by atoms with Crippen LogP contribution < -0.4 is 5.32 Å². The van der Waals surface area contributed by atoms with E-state index in [1.807, 2.05) is 11.3 Å². The summed E-state index contributed by atoms with van der Waals surface area (Å²) in [5, 5.41) is 15.6. The van der Waals surface area contributed by atoms with Gasteiger partial charge in [-0.15, -0.1) is 21.5 Å². The molecule has 0 aliphatic heterocycles. The number of thioether (sulfide) groups is 1. The molecule has 3 aromatic rings. The van der Waals surface area contributed by atoms with E-state index >= 15 is 0 Å². The van der Waals surface area contributed by atoms with Crippen molar-refractivity contribution in [1.29, 1.82) is 0 Å². The van der Waals surface area contributed by atoms with Crippen LogP contribution >= 0.6 is 57.9 Å². The predicted octanol–water partition coefficient (Wildman–Crippen LogP) is 7.40. The minimum atomic E-state index is -0.211. The second-order valence-electron chi connectivity index (χ2n) is 8.25. The molecule has 5 nitrogen and oxygen atoms in total. The van der Waals surface area contributed by atoms with Crippen molar-refractivity contribution in [1.82, 2.24) is 14.8 Å². The normalized spacial score (nSPS) is 15.8. The number of carbonyl (C=O) groups excluding carboxylic acids is 1. The quantitative estimate of drug-likeness (QED) is 0.267. The second kappa shape index (κ2) is 9.94. The van der Waals surface area contributed by atoms with Crippen LogP contribution in [0.5, 0.6) is 0 Å². The zero-order chi connectivity index (χ0) is 23.0. The Balaban J connectivity index is 1.51. The van der Waals surface area contributed by atoms with Gasteiger partial charge in [0.05, 0.1) is 26.5 Å². The fraction of sp³-hybridized carbons (Fsp3) is 0.409. The third-order valence-electron chi connectivity index (χ3n) is 5.44. The molecule has 10 heteroatoms. The molecule has 1 N–H and O–H groups in total. The number of nitrogens with zero attached hydrogens (tertiary/aromatic N) is 3. The smallest absolute Gasteiger partial charge is 0.234 e. The molecule has 0 saturated heterocycles. The highest BCUT2D eigenvalue weighted by molar-refractivity contribution is 7.99. The van der Waals surface area contributed by atoms with Crippen LogP contribution in [0.15, 0.2) is 22.7 Å². The number of hydrogen-bond donors (Lipinski definition) is 1. The Kier molecular flexibility index (Phi) is 7.42. The fourth-order valence-electron chi connectivity index (χ4n) is 3.82. The number of fused-ring (bicyclic) bond motifs is 1. The molecule has 32 heavy (non-hydrogen) atoms. The van der Waals surface area contributed by atoms with E-state index in [9.17, 15) is 4.79 Å².